The van der Waals surface area contributed by atoms with E-state index in [0.29, 0.717) is 18.2 Å². The lowest BCUT2D eigenvalue weighted by molar-refractivity contribution is -0.139. The van der Waals surface area contributed by atoms with Crippen LogP contribution in [0.4, 0.5) is 27.6 Å². The van der Waals surface area contributed by atoms with E-state index in [1.54, 1.807) is 0 Å². The molecule has 130 valence electrons. The Morgan fingerprint density at radius 2 is 1.71 bits per heavy atom. The van der Waals surface area contributed by atoms with Gasteiger partial charge in [0.15, 0.2) is 0 Å². The van der Waals surface area contributed by atoms with Gasteiger partial charge in [-0.1, -0.05) is 0 Å². The number of sulfonamides is 1. The number of anilines is 1. The van der Waals surface area contributed by atoms with Crippen molar-refractivity contribution in [3.8, 4) is 5.75 Å². The second kappa shape index (κ2) is 6.27. The van der Waals surface area contributed by atoms with E-state index in [2.05, 4.69) is 0 Å². The third-order valence-electron chi connectivity index (χ3n) is 2.94. The fourth-order valence-corrected chi connectivity index (χ4v) is 3.11. The number of hydrogen-bond acceptors (Lipinski definition) is 3. The summed E-state index contributed by atoms with van der Waals surface area (Å²) in [5, 5.41) is 0. The molecule has 0 aliphatic heterocycles. The second-order valence-electron chi connectivity index (χ2n) is 4.59. The van der Waals surface area contributed by atoms with Crippen molar-refractivity contribution >= 4 is 15.7 Å². The molecule has 0 aliphatic rings. The Balaban J connectivity index is 2.46. The monoisotopic (exact) mass is 367 g/mol. The summed E-state index contributed by atoms with van der Waals surface area (Å²) in [4.78, 5) is -0.608. The van der Waals surface area contributed by atoms with Gasteiger partial charge in [0.2, 0.25) is 0 Å². The minimum atomic E-state index is -5.00. The molecule has 0 heterocycles. The van der Waals surface area contributed by atoms with Crippen molar-refractivity contribution in [2.75, 3.05) is 11.8 Å². The molecule has 0 atom stereocenters. The molecule has 0 amide bonds. The van der Waals surface area contributed by atoms with E-state index < -0.39 is 44.0 Å². The van der Waals surface area contributed by atoms with Gasteiger partial charge < -0.3 is 4.74 Å². The topological polar surface area (TPSA) is 55.4 Å². The molecule has 0 saturated carbocycles. The number of ether oxygens (including phenoxy) is 1. The van der Waals surface area contributed by atoms with Crippen LogP contribution < -0.4 is 9.46 Å². The second-order valence-corrected chi connectivity index (χ2v) is 6.24. The fourth-order valence-electron chi connectivity index (χ4n) is 1.88. The Hall–Kier alpha value is -2.36. The van der Waals surface area contributed by atoms with Crippen LogP contribution in [0.5, 0.6) is 5.75 Å². The van der Waals surface area contributed by atoms with Crippen molar-refractivity contribution in [3.63, 3.8) is 0 Å². The van der Waals surface area contributed by atoms with Crippen LogP contribution in [0.15, 0.2) is 41.3 Å². The molecule has 0 spiro atoms. The summed E-state index contributed by atoms with van der Waals surface area (Å²) in [5.74, 6) is -2.64. The van der Waals surface area contributed by atoms with Crippen molar-refractivity contribution in [3.05, 3.63) is 53.6 Å². The van der Waals surface area contributed by atoms with Gasteiger partial charge in [-0.2, -0.15) is 13.2 Å². The van der Waals surface area contributed by atoms with E-state index in [1.165, 1.54) is 0 Å². The van der Waals surface area contributed by atoms with Crippen LogP contribution in [0.3, 0.4) is 0 Å². The molecule has 2 aromatic rings. The summed E-state index contributed by atoms with van der Waals surface area (Å²) in [7, 11) is -3.31. The van der Waals surface area contributed by atoms with E-state index in [-0.39, 0.29) is 5.75 Å². The quantitative estimate of drug-likeness (QED) is 0.837. The lowest BCUT2D eigenvalue weighted by Crippen LogP contribution is -2.16. The summed E-state index contributed by atoms with van der Waals surface area (Å²) in [5.41, 5.74) is -2.16. The molecule has 0 unspecified atom stereocenters. The third kappa shape index (κ3) is 3.75. The average Bonchev–Trinajstić information content (AvgIpc) is 2.48. The summed E-state index contributed by atoms with van der Waals surface area (Å²) < 4.78 is 95.6. The van der Waals surface area contributed by atoms with Crippen molar-refractivity contribution in [1.29, 1.82) is 0 Å². The highest BCUT2D eigenvalue weighted by Crippen LogP contribution is 2.34. The first-order chi connectivity index (χ1) is 11.0. The molecule has 10 heteroatoms. The molecule has 1 N–H and O–H groups in total. The first-order valence-corrected chi connectivity index (χ1v) is 7.76. The number of alkyl halides is 3. The van der Waals surface area contributed by atoms with Gasteiger partial charge in [0.1, 0.15) is 22.3 Å². The minimum absolute atomic E-state index is 0.206. The van der Waals surface area contributed by atoms with Crippen LogP contribution >= 0.6 is 0 Å². The number of rotatable bonds is 4. The van der Waals surface area contributed by atoms with Gasteiger partial charge in [-0.15, -0.1) is 0 Å². The largest absolute Gasteiger partial charge is 0.495 e. The molecule has 0 saturated heterocycles. The Morgan fingerprint density at radius 3 is 2.29 bits per heavy atom. The van der Waals surface area contributed by atoms with E-state index in [0.717, 1.165) is 25.3 Å². The van der Waals surface area contributed by atoms with Gasteiger partial charge in [-0.25, -0.2) is 17.2 Å². The lowest BCUT2D eigenvalue weighted by atomic mass is 10.2. The Morgan fingerprint density at radius 1 is 1.04 bits per heavy atom. The molecule has 2 aromatic carbocycles. The van der Waals surface area contributed by atoms with Crippen molar-refractivity contribution in [2.24, 2.45) is 0 Å². The summed E-state index contributed by atoms with van der Waals surface area (Å²) in [6, 6.07) is 4.25. The molecule has 0 aliphatic carbocycles. The number of benzene rings is 2. The molecule has 0 fully saturated rings. The van der Waals surface area contributed by atoms with Crippen LogP contribution in [-0.2, 0) is 16.2 Å². The van der Waals surface area contributed by atoms with Crippen molar-refractivity contribution < 1.29 is 35.1 Å². The zero-order chi connectivity index (χ0) is 18.1. The third-order valence-corrected chi connectivity index (χ3v) is 4.34. The smallest absolute Gasteiger partial charge is 0.419 e. The van der Waals surface area contributed by atoms with Crippen molar-refractivity contribution in [1.82, 2.24) is 0 Å². The lowest BCUT2D eigenvalue weighted by Gasteiger charge is -2.14. The molecule has 4 nitrogen and oxygen atoms in total. The average molecular weight is 367 g/mol. The SMILES string of the molecule is COc1ccc(F)cc1S(=O)(=O)Nc1ccc(F)c(C(F)(F)F)c1. The highest BCUT2D eigenvalue weighted by molar-refractivity contribution is 7.92. The molecule has 0 bridgehead atoms. The molecule has 24 heavy (non-hydrogen) atoms. The molecular weight excluding hydrogens is 357 g/mol. The molecular formula is C14H10F5NO3S. The van der Waals surface area contributed by atoms with E-state index in [1.807, 2.05) is 4.72 Å². The first-order valence-electron chi connectivity index (χ1n) is 6.27. The Bertz CT molecular complexity index is 865. The van der Waals surface area contributed by atoms with Crippen molar-refractivity contribution in [2.45, 2.75) is 11.1 Å². The normalized spacial score (nSPS) is 12.1. The Labute approximate surface area is 133 Å². The maximum Gasteiger partial charge on any atom is 0.419 e. The minimum Gasteiger partial charge on any atom is -0.495 e. The summed E-state index contributed by atoms with van der Waals surface area (Å²) in [6.45, 7) is 0. The van der Waals surface area contributed by atoms with E-state index >= 15 is 0 Å². The number of halogens is 5. The van der Waals surface area contributed by atoms with Crippen LogP contribution in [0, 0.1) is 11.6 Å². The zero-order valence-electron chi connectivity index (χ0n) is 12.0. The number of nitrogens with one attached hydrogen (secondary N) is 1. The molecule has 2 rings (SSSR count). The summed E-state index contributed by atoms with van der Waals surface area (Å²) >= 11 is 0. The standard InChI is InChI=1S/C14H10F5NO3S/c1-23-12-5-2-8(15)6-13(12)24(21,22)20-9-3-4-11(16)10(7-9)14(17,18)19/h2-7,20H,1H3. The van der Waals surface area contributed by atoms with Crippen LogP contribution in [0.25, 0.3) is 0 Å². The van der Waals surface area contributed by atoms with Gasteiger partial charge in [-0.05, 0) is 36.4 Å². The maximum atomic E-state index is 13.3. The van der Waals surface area contributed by atoms with Gasteiger partial charge >= 0.3 is 6.18 Å². The van der Waals surface area contributed by atoms with Gasteiger partial charge in [-0.3, -0.25) is 4.72 Å². The highest BCUT2D eigenvalue weighted by atomic mass is 32.2. The Kier molecular flexibility index (Phi) is 4.70. The predicted molar refractivity (Wildman–Crippen MR) is 75.2 cm³/mol. The maximum absolute atomic E-state index is 13.3. The van der Waals surface area contributed by atoms with Crippen LogP contribution in [0.1, 0.15) is 5.56 Å². The zero-order valence-corrected chi connectivity index (χ0v) is 12.8. The van der Waals surface area contributed by atoms with E-state index in [9.17, 15) is 30.4 Å². The van der Waals surface area contributed by atoms with Crippen LogP contribution in [-0.4, -0.2) is 15.5 Å². The van der Waals surface area contributed by atoms with Gasteiger partial charge in [0, 0.05) is 5.69 Å². The fraction of sp³-hybridized carbons (Fsp3) is 0.143. The molecule has 0 radical (unpaired) electrons. The summed E-state index contributed by atoms with van der Waals surface area (Å²) in [6.07, 6.45) is -5.00. The van der Waals surface area contributed by atoms with Gasteiger partial charge in [0.05, 0.1) is 12.7 Å². The number of methoxy groups -OCH3 is 1. The van der Waals surface area contributed by atoms with Gasteiger partial charge in [0.25, 0.3) is 10.0 Å². The predicted octanol–water partition coefficient (Wildman–Crippen LogP) is 3.79. The van der Waals surface area contributed by atoms with Crippen LogP contribution in [0.2, 0.25) is 0 Å². The van der Waals surface area contributed by atoms with E-state index in [4.69, 9.17) is 4.74 Å². The molecule has 0 aromatic heterocycles. The first kappa shape index (κ1) is 18.0. The highest BCUT2D eigenvalue weighted by Gasteiger charge is 2.34. The number of hydrogen-bond donors (Lipinski definition) is 1.